The quantitative estimate of drug-likeness (QED) is 0.0258. The predicted molar refractivity (Wildman–Crippen MR) is 288 cm³/mol. The molecule has 0 saturated heterocycles. The molecule has 0 aliphatic heterocycles. The Labute approximate surface area is 433 Å². The van der Waals surface area contributed by atoms with E-state index in [1.165, 1.54) is 53.0 Å². The lowest BCUT2D eigenvalue weighted by Gasteiger charge is -2.20. The third-order valence-electron chi connectivity index (χ3n) is 6.71. The number of carbonyl (C=O) groups excluding carboxylic acids is 6. The van der Waals surface area contributed by atoms with E-state index in [1.54, 1.807) is 78.0 Å². The summed E-state index contributed by atoms with van der Waals surface area (Å²) in [7, 11) is 7.25. The summed E-state index contributed by atoms with van der Waals surface area (Å²) < 4.78 is 12.2. The molecule has 69 heavy (non-hydrogen) atoms. The number of carbonyl (C=O) groups is 6. The molecule has 0 bridgehead atoms. The number of nitrogen functional groups attached to an aromatic ring is 1. The van der Waals surface area contributed by atoms with E-state index in [4.69, 9.17) is 28.4 Å². The van der Waals surface area contributed by atoms with Gasteiger partial charge in [-0.05, 0) is 81.1 Å². The van der Waals surface area contributed by atoms with E-state index in [0.29, 0.717) is 19.4 Å². The number of rotatable bonds is 16. The molecule has 384 valence electrons. The van der Waals surface area contributed by atoms with Crippen LogP contribution in [0, 0.1) is 13.1 Å². The van der Waals surface area contributed by atoms with E-state index >= 15 is 0 Å². The van der Waals surface area contributed by atoms with Crippen molar-refractivity contribution in [3.05, 3.63) is 37.5 Å². The van der Waals surface area contributed by atoms with Crippen LogP contribution in [0.4, 0.5) is 17.5 Å². The van der Waals surface area contributed by atoms with E-state index in [9.17, 15) is 28.8 Å². The second kappa shape index (κ2) is 30.6. The second-order valence-electron chi connectivity index (χ2n) is 16.7. The molecule has 3 aromatic rings. The van der Waals surface area contributed by atoms with Gasteiger partial charge in [0.05, 0.1) is 19.1 Å². The van der Waals surface area contributed by atoms with Gasteiger partial charge in [0, 0.05) is 33.7 Å². The molecule has 3 heterocycles. The number of nitrogens with two attached hydrogens (primary N) is 1. The fraction of sp³-hybridized carbons (Fsp3) is 0.568. The van der Waals surface area contributed by atoms with Crippen molar-refractivity contribution in [2.24, 2.45) is 9.98 Å². The molecule has 0 radical (unpaired) electrons. The highest BCUT2D eigenvalue weighted by Crippen LogP contribution is 2.34. The number of hydrogen-bond acceptors (Lipinski definition) is 20. The van der Waals surface area contributed by atoms with E-state index < -0.39 is 46.8 Å². The summed E-state index contributed by atoms with van der Waals surface area (Å²) in [6.07, 6.45) is 8.41. The molecule has 3 rings (SSSR count). The molecule has 25 heteroatoms. The lowest BCUT2D eigenvalue weighted by Crippen LogP contribution is -2.41. The van der Waals surface area contributed by atoms with Crippen molar-refractivity contribution in [2.75, 3.05) is 52.7 Å². The minimum atomic E-state index is -1.55. The molecule has 0 spiro atoms. The number of esters is 2. The number of thiazole rings is 3. The van der Waals surface area contributed by atoms with Crippen molar-refractivity contribution in [3.63, 3.8) is 0 Å². The van der Waals surface area contributed by atoms with Crippen LogP contribution in [0.1, 0.15) is 120 Å². The van der Waals surface area contributed by atoms with Crippen molar-refractivity contribution in [2.45, 2.75) is 133 Å². The van der Waals surface area contributed by atoms with Crippen LogP contribution in [0.25, 0.3) is 9.69 Å². The summed E-state index contributed by atoms with van der Waals surface area (Å²) in [6, 6.07) is -3.08. The maximum absolute atomic E-state index is 12.7. The van der Waals surface area contributed by atoms with Gasteiger partial charge >= 0.3 is 24.0 Å². The molecule has 3 aromatic heterocycles. The summed E-state index contributed by atoms with van der Waals surface area (Å²) in [5.41, 5.74) is 3.75. The maximum Gasteiger partial charge on any atom is 0.399 e. The summed E-state index contributed by atoms with van der Waals surface area (Å²) >= 11 is 7.62. The van der Waals surface area contributed by atoms with Crippen LogP contribution in [0.15, 0.2) is 23.0 Å². The van der Waals surface area contributed by atoms with Gasteiger partial charge in [-0.25, -0.2) is 47.7 Å². The van der Waals surface area contributed by atoms with Gasteiger partial charge in [-0.2, -0.15) is 0 Å². The standard InChI is InChI=1S/C15H20N4O3S2.C14H22N4O2S2.C12H15N3O3S2.3CH4/c1-15(2,3)22-13(21)9(16-4)10(20)11-12(17-8-19(5)6)18-14(23-7)24-11;1-14(2,3)17-10(20)7-9(19)11-12(15-8-18(4)5)16-13(21-6)22-11;1-12(2,3)18-10(17)6(14-4)7(16)8-9(13)15-11(19-5)20-8;;;/h8-9H,1-3,5-7H3;8H,7H2,1-6H3,(H,17,20);6H,13H2,1-3,5H3;3*1H4. The highest BCUT2D eigenvalue weighted by molar-refractivity contribution is 8.00. The molecule has 2 unspecified atom stereocenters. The monoisotopic (exact) mass is 1070 g/mol. The van der Waals surface area contributed by atoms with Crippen LogP contribution in [0.5, 0.6) is 0 Å². The molecule has 2 atom stereocenters. The van der Waals surface area contributed by atoms with Gasteiger partial charge in [0.25, 0.3) is 11.6 Å². The first-order chi connectivity index (χ1) is 30.4. The van der Waals surface area contributed by atoms with Gasteiger partial charge in [-0.3, -0.25) is 28.9 Å². The van der Waals surface area contributed by atoms with E-state index in [-0.39, 0.29) is 67.3 Å². The zero-order valence-electron chi connectivity index (χ0n) is 39.8. The van der Waals surface area contributed by atoms with Crippen LogP contribution in [0.3, 0.4) is 0 Å². The van der Waals surface area contributed by atoms with Crippen LogP contribution >= 0.6 is 69.3 Å². The normalized spacial score (nSPS) is 11.8. The molecule has 19 nitrogen and oxygen atoms in total. The number of Topliss-reactive ketones (excluding diaryl/α,β-unsaturated/α-hetero) is 3. The van der Waals surface area contributed by atoms with Crippen LogP contribution in [-0.2, 0) is 23.9 Å². The Kier molecular flexibility index (Phi) is 30.3. The number of nitrogens with one attached hydrogen (secondary N) is 1. The summed E-state index contributed by atoms with van der Waals surface area (Å²) in [5.74, 6) is -2.95. The van der Waals surface area contributed by atoms with Crippen molar-refractivity contribution >= 4 is 135 Å². The number of ether oxygens (including phenoxy) is 2. The van der Waals surface area contributed by atoms with E-state index in [0.717, 1.165) is 27.0 Å². The maximum atomic E-state index is 12.7. The zero-order chi connectivity index (χ0) is 50.9. The number of hydrogen-bond donors (Lipinski definition) is 2. The first-order valence-electron chi connectivity index (χ1n) is 19.3. The molecule has 0 saturated carbocycles. The lowest BCUT2D eigenvalue weighted by atomic mass is 10.1. The van der Waals surface area contributed by atoms with Gasteiger partial charge < -0.3 is 30.3 Å². The SMILES string of the molecule is C.C.C.CSc1nc(N=CN(C)C)c(C(=O)CC(=O)NC(C)(C)C)s1.[C-]#[N+]C(C(=O)OC(C)(C)C)C(=O)c1sc(SC)nc1N.[C-]#[N+]C(C(=O)OC(C)(C)C)C(=O)c1sc(SC)nc1N=CN(C)C. The van der Waals surface area contributed by atoms with Gasteiger partial charge in [0.1, 0.15) is 31.7 Å². The minimum absolute atomic E-state index is 0. The van der Waals surface area contributed by atoms with Crippen molar-refractivity contribution in [3.8, 4) is 0 Å². The van der Waals surface area contributed by atoms with Crippen molar-refractivity contribution in [1.29, 1.82) is 0 Å². The molecule has 0 aliphatic carbocycles. The Balaban J connectivity index is -0.000000930. The summed E-state index contributed by atoms with van der Waals surface area (Å²) in [4.78, 5) is 104. The van der Waals surface area contributed by atoms with E-state index in [1.807, 2.05) is 47.4 Å². The highest BCUT2D eigenvalue weighted by Gasteiger charge is 2.41. The largest absolute Gasteiger partial charge is 0.454 e. The Hall–Kier alpha value is -4.92. The number of aromatic nitrogens is 3. The first kappa shape index (κ1) is 68.3. The van der Waals surface area contributed by atoms with Gasteiger partial charge in [-0.15, -0.1) is 34.0 Å². The highest BCUT2D eigenvalue weighted by atomic mass is 32.2. The smallest absolute Gasteiger partial charge is 0.399 e. The van der Waals surface area contributed by atoms with Gasteiger partial charge in [0.2, 0.25) is 5.91 Å². The number of amides is 1. The Morgan fingerprint density at radius 2 is 1.01 bits per heavy atom. The van der Waals surface area contributed by atoms with Gasteiger partial charge in [-0.1, -0.05) is 57.6 Å². The molecule has 1 amide bonds. The van der Waals surface area contributed by atoms with Crippen LogP contribution in [0.2, 0.25) is 0 Å². The molecule has 0 fully saturated rings. The lowest BCUT2D eigenvalue weighted by molar-refractivity contribution is -0.155. The minimum Gasteiger partial charge on any atom is -0.454 e. The van der Waals surface area contributed by atoms with Gasteiger partial charge in [0.15, 0.2) is 30.4 Å². The Bertz CT molecular complexity index is 2340. The average Bonchev–Trinajstić information content (AvgIpc) is 3.91. The summed E-state index contributed by atoms with van der Waals surface area (Å²) in [5, 5.41) is 2.78. The number of ketones is 3. The van der Waals surface area contributed by atoms with Crippen molar-refractivity contribution < 1.29 is 38.2 Å². The number of anilines is 1. The van der Waals surface area contributed by atoms with Crippen LogP contribution in [-0.4, -0.2) is 148 Å². The fourth-order valence-corrected chi connectivity index (χ4v) is 8.65. The summed E-state index contributed by atoms with van der Waals surface area (Å²) in [6.45, 7) is 29.9. The third kappa shape index (κ3) is 24.5. The average molecular weight is 1070 g/mol. The molecule has 0 aromatic carbocycles. The fourth-order valence-electron chi connectivity index (χ4n) is 4.28. The predicted octanol–water partition coefficient (Wildman–Crippen LogP) is 9.64. The topological polar surface area (TPSA) is 238 Å². The number of aliphatic imine (C=N–C) groups is 2. The Morgan fingerprint density at radius 1 is 0.667 bits per heavy atom. The molecular weight excluding hydrogens is 1000 g/mol. The first-order valence-corrected chi connectivity index (χ1v) is 25.5. The number of nitrogens with zero attached hydrogens (tertiary/aromatic N) is 9. The van der Waals surface area contributed by atoms with E-state index in [2.05, 4.69) is 39.9 Å². The second-order valence-corrected chi connectivity index (χ2v) is 22.9. The molecule has 3 N–H and O–H groups in total. The number of thioether (sulfide) groups is 3. The zero-order valence-corrected chi connectivity index (χ0v) is 44.7. The van der Waals surface area contributed by atoms with Crippen LogP contribution < -0.4 is 11.1 Å². The molecular formula is C44H69N11O8S6. The third-order valence-corrected chi connectivity index (χ3v) is 12.9. The Morgan fingerprint density at radius 3 is 1.35 bits per heavy atom. The molecule has 0 aliphatic rings. The van der Waals surface area contributed by atoms with Crippen molar-refractivity contribution in [1.82, 2.24) is 30.1 Å².